The number of aromatic amines is 1. The molecule has 2 heterocycles. The van der Waals surface area contributed by atoms with Crippen molar-refractivity contribution in [3.63, 3.8) is 0 Å². The van der Waals surface area contributed by atoms with Crippen LogP contribution in [0.15, 0.2) is 29.1 Å². The molecule has 0 atom stereocenters. The third kappa shape index (κ3) is 4.94. The van der Waals surface area contributed by atoms with Gasteiger partial charge in [-0.15, -0.1) is 0 Å². The van der Waals surface area contributed by atoms with Crippen LogP contribution in [0.4, 0.5) is 0 Å². The summed E-state index contributed by atoms with van der Waals surface area (Å²) in [6, 6.07) is 8.28. The maximum Gasteiger partial charge on any atom is 0.262 e. The zero-order chi connectivity index (χ0) is 22.8. The number of benzene rings is 1. The smallest absolute Gasteiger partial charge is 0.262 e. The first-order valence-corrected chi connectivity index (χ1v) is 13.3. The summed E-state index contributed by atoms with van der Waals surface area (Å²) in [4.78, 5) is 34.1. The molecular weight excluding hydrogens is 432 g/mol. The molecule has 1 amide bonds. The summed E-state index contributed by atoms with van der Waals surface area (Å²) in [5.41, 5.74) is 0.782. The predicted molar refractivity (Wildman–Crippen MR) is 134 cm³/mol. The van der Waals surface area contributed by atoms with E-state index in [1.165, 1.54) is 32.1 Å². The number of hydrogen-bond acceptors (Lipinski definition) is 4. The molecule has 33 heavy (non-hydrogen) atoms. The van der Waals surface area contributed by atoms with Crippen molar-refractivity contribution in [2.75, 3.05) is 26.2 Å². The highest BCUT2D eigenvalue weighted by atomic mass is 32.1. The summed E-state index contributed by atoms with van der Waals surface area (Å²) >= 11 is 5.48. The Kier molecular flexibility index (Phi) is 6.97. The van der Waals surface area contributed by atoms with Crippen LogP contribution in [0, 0.1) is 16.6 Å². The van der Waals surface area contributed by atoms with E-state index in [1.807, 2.05) is 24.3 Å². The molecule has 3 aliphatic rings. The van der Waals surface area contributed by atoms with Gasteiger partial charge in [-0.05, 0) is 68.8 Å². The van der Waals surface area contributed by atoms with Crippen molar-refractivity contribution in [2.45, 2.75) is 70.4 Å². The molecule has 1 aromatic heterocycles. The van der Waals surface area contributed by atoms with Gasteiger partial charge in [0.25, 0.3) is 5.56 Å². The number of H-pyrrole nitrogens is 1. The minimum absolute atomic E-state index is 0.0108. The van der Waals surface area contributed by atoms with Gasteiger partial charge in [0, 0.05) is 44.7 Å². The van der Waals surface area contributed by atoms with E-state index in [0.29, 0.717) is 28.5 Å². The largest absolute Gasteiger partial charge is 0.340 e. The van der Waals surface area contributed by atoms with Crippen molar-refractivity contribution >= 4 is 29.0 Å². The van der Waals surface area contributed by atoms with Crippen LogP contribution in [0.25, 0.3) is 10.9 Å². The SMILES string of the molecule is O=C(C1CCC(Cn2c(=S)[nH]c3ccccc3c2=O)CC1)N1CCN(C2CCCCC2)CC1. The van der Waals surface area contributed by atoms with Crippen LogP contribution in [0.2, 0.25) is 0 Å². The molecular formula is C26H36N4O2S. The Bertz CT molecular complexity index is 1090. The second kappa shape index (κ2) is 10.1. The van der Waals surface area contributed by atoms with Crippen LogP contribution >= 0.6 is 12.2 Å². The van der Waals surface area contributed by atoms with Crippen molar-refractivity contribution in [1.82, 2.24) is 19.4 Å². The number of para-hydroxylation sites is 1. The van der Waals surface area contributed by atoms with E-state index >= 15 is 0 Å². The summed E-state index contributed by atoms with van der Waals surface area (Å²) in [5, 5.41) is 0.683. The zero-order valence-corrected chi connectivity index (χ0v) is 20.3. The van der Waals surface area contributed by atoms with Gasteiger partial charge in [-0.2, -0.15) is 0 Å². The molecule has 2 saturated carbocycles. The maximum absolute atomic E-state index is 13.2. The molecule has 178 valence electrons. The van der Waals surface area contributed by atoms with Gasteiger partial charge in [-0.3, -0.25) is 19.1 Å². The van der Waals surface area contributed by atoms with Gasteiger partial charge in [0.1, 0.15) is 0 Å². The van der Waals surface area contributed by atoms with Crippen LogP contribution in [-0.4, -0.2) is 57.5 Å². The fraction of sp³-hybridized carbons (Fsp3) is 0.654. The third-order valence-electron chi connectivity index (χ3n) is 8.24. The second-order valence-electron chi connectivity index (χ2n) is 10.3. The fourth-order valence-corrected chi connectivity index (χ4v) is 6.49. The van der Waals surface area contributed by atoms with Crippen molar-refractivity contribution in [2.24, 2.45) is 11.8 Å². The summed E-state index contributed by atoms with van der Waals surface area (Å²) in [7, 11) is 0. The first-order valence-electron chi connectivity index (χ1n) is 12.8. The molecule has 2 aliphatic carbocycles. The summed E-state index contributed by atoms with van der Waals surface area (Å²) in [5.74, 6) is 0.897. The normalized spacial score (nSPS) is 25.4. The number of nitrogens with zero attached hydrogens (tertiary/aromatic N) is 3. The molecule has 3 fully saturated rings. The second-order valence-corrected chi connectivity index (χ2v) is 10.6. The standard InChI is InChI=1S/C26H36N4O2S/c31-24(29-16-14-28(15-17-29)21-6-2-1-3-7-21)20-12-10-19(11-13-20)18-30-25(32)22-8-4-5-9-23(22)27-26(30)33/h4-5,8-9,19-21H,1-3,6-7,10-18H2,(H,27,33). The number of carbonyl (C=O) groups is 1. The third-order valence-corrected chi connectivity index (χ3v) is 8.57. The van der Waals surface area contributed by atoms with Gasteiger partial charge in [0.2, 0.25) is 5.91 Å². The Morgan fingerprint density at radius 2 is 1.64 bits per heavy atom. The molecule has 6 nitrogen and oxygen atoms in total. The van der Waals surface area contributed by atoms with E-state index in [0.717, 1.165) is 63.4 Å². The maximum atomic E-state index is 13.2. The monoisotopic (exact) mass is 468 g/mol. The molecule has 1 N–H and O–H groups in total. The zero-order valence-electron chi connectivity index (χ0n) is 19.5. The first-order chi connectivity index (χ1) is 16.1. The molecule has 5 rings (SSSR count). The van der Waals surface area contributed by atoms with Crippen molar-refractivity contribution in [3.05, 3.63) is 39.4 Å². The van der Waals surface area contributed by atoms with Crippen molar-refractivity contribution < 1.29 is 4.79 Å². The molecule has 1 aromatic carbocycles. The van der Waals surface area contributed by atoms with Gasteiger partial charge < -0.3 is 9.88 Å². The topological polar surface area (TPSA) is 61.3 Å². The molecule has 0 radical (unpaired) electrons. The van der Waals surface area contributed by atoms with Crippen molar-refractivity contribution in [3.8, 4) is 0 Å². The summed E-state index contributed by atoms with van der Waals surface area (Å²) in [6.07, 6.45) is 10.6. The number of fused-ring (bicyclic) bond motifs is 1. The van der Waals surface area contributed by atoms with Gasteiger partial charge in [0.15, 0.2) is 4.77 Å². The first kappa shape index (κ1) is 22.8. The lowest BCUT2D eigenvalue weighted by atomic mass is 9.81. The number of piperazine rings is 1. The molecule has 0 bridgehead atoms. The number of carbonyl (C=O) groups excluding carboxylic acids is 1. The number of hydrogen-bond donors (Lipinski definition) is 1. The van der Waals surface area contributed by atoms with Crippen LogP contribution in [0.5, 0.6) is 0 Å². The number of aromatic nitrogens is 2. The Morgan fingerprint density at radius 3 is 2.36 bits per heavy atom. The average Bonchev–Trinajstić information content (AvgIpc) is 2.87. The van der Waals surface area contributed by atoms with Gasteiger partial charge in [-0.25, -0.2) is 0 Å². The molecule has 1 saturated heterocycles. The Labute approximate surface area is 201 Å². The average molecular weight is 469 g/mol. The van der Waals surface area contributed by atoms with Crippen LogP contribution in [0.3, 0.4) is 0 Å². The quantitative estimate of drug-likeness (QED) is 0.678. The highest BCUT2D eigenvalue weighted by molar-refractivity contribution is 7.71. The number of amides is 1. The molecule has 7 heteroatoms. The highest BCUT2D eigenvalue weighted by Gasteiger charge is 2.33. The Hall–Kier alpha value is -1.99. The van der Waals surface area contributed by atoms with E-state index < -0.39 is 0 Å². The molecule has 0 unspecified atom stereocenters. The molecule has 1 aliphatic heterocycles. The van der Waals surface area contributed by atoms with E-state index in [1.54, 1.807) is 4.57 Å². The van der Waals surface area contributed by atoms with E-state index in [9.17, 15) is 9.59 Å². The molecule has 2 aromatic rings. The van der Waals surface area contributed by atoms with Crippen molar-refractivity contribution in [1.29, 1.82) is 0 Å². The van der Waals surface area contributed by atoms with Gasteiger partial charge in [0.05, 0.1) is 10.9 Å². The lowest BCUT2D eigenvalue weighted by Crippen LogP contribution is -2.53. The van der Waals surface area contributed by atoms with Crippen LogP contribution in [0.1, 0.15) is 57.8 Å². The summed E-state index contributed by atoms with van der Waals surface area (Å²) in [6.45, 7) is 4.48. The fourth-order valence-electron chi connectivity index (χ4n) is 6.23. The van der Waals surface area contributed by atoms with Gasteiger partial charge in [-0.1, -0.05) is 31.4 Å². The summed E-state index contributed by atoms with van der Waals surface area (Å²) < 4.78 is 2.21. The highest BCUT2D eigenvalue weighted by Crippen LogP contribution is 2.32. The van der Waals surface area contributed by atoms with E-state index in [4.69, 9.17) is 12.2 Å². The molecule has 0 spiro atoms. The van der Waals surface area contributed by atoms with Gasteiger partial charge >= 0.3 is 0 Å². The Morgan fingerprint density at radius 1 is 0.939 bits per heavy atom. The lowest BCUT2D eigenvalue weighted by molar-refractivity contribution is -0.139. The number of nitrogens with one attached hydrogen (secondary N) is 1. The van der Waals surface area contributed by atoms with E-state index in [-0.39, 0.29) is 11.5 Å². The van der Waals surface area contributed by atoms with Crippen LogP contribution in [-0.2, 0) is 11.3 Å². The predicted octanol–water partition coefficient (Wildman–Crippen LogP) is 4.34. The lowest BCUT2D eigenvalue weighted by Gasteiger charge is -2.42. The minimum Gasteiger partial charge on any atom is -0.340 e. The minimum atomic E-state index is -0.0108. The van der Waals surface area contributed by atoms with Crippen LogP contribution < -0.4 is 5.56 Å². The van der Waals surface area contributed by atoms with E-state index in [2.05, 4.69) is 14.8 Å². The Balaban J connectivity index is 1.14. The number of rotatable bonds is 4.